The quantitative estimate of drug-likeness (QED) is 0.0131. The molecule has 13 N–H and O–H groups in total. The number of amides is 8. The van der Waals surface area contributed by atoms with Gasteiger partial charge in [0.05, 0.1) is 45.1 Å². The van der Waals surface area contributed by atoms with Crippen molar-refractivity contribution in [1.82, 2.24) is 41.3 Å². The first-order valence-corrected chi connectivity index (χ1v) is 53.1. The number of carboxylic acid groups (broad SMARTS) is 2. The van der Waals surface area contributed by atoms with E-state index in [0.29, 0.717) is 115 Å². The summed E-state index contributed by atoms with van der Waals surface area (Å²) in [4.78, 5) is 160. The normalized spacial score (nSPS) is 24.6. The average Bonchev–Trinajstić information content (AvgIpc) is 1.73. The first-order valence-electron chi connectivity index (χ1n) is 53.1. The third-order valence-corrected chi connectivity index (χ3v) is 30.4. The number of carbonyl (C=O) groups is 12. The molecule has 11 atom stereocenters. The minimum Gasteiger partial charge on any atom is -0.481 e. The number of hydrogen-bond donors (Lipinski definition) is 11. The van der Waals surface area contributed by atoms with Crippen molar-refractivity contribution in [2.24, 2.45) is 33.1 Å². The lowest BCUT2D eigenvalue weighted by atomic mass is 9.68. The third-order valence-electron chi connectivity index (χ3n) is 30.4. The van der Waals surface area contributed by atoms with Crippen molar-refractivity contribution in [3.63, 3.8) is 0 Å². The molecule has 6 heterocycles. The molecule has 147 heavy (non-hydrogen) atoms. The highest BCUT2D eigenvalue weighted by Gasteiger charge is 2.58. The summed E-state index contributed by atoms with van der Waals surface area (Å²) < 4.78 is 59.1. The molecule has 6 aliphatic heterocycles. The van der Waals surface area contributed by atoms with Crippen LogP contribution in [0.3, 0.4) is 0 Å². The molecule has 0 spiro atoms. The van der Waals surface area contributed by atoms with Gasteiger partial charge in [0.25, 0.3) is 0 Å². The summed E-state index contributed by atoms with van der Waals surface area (Å²) in [6.45, 7) is 56.9. The Balaban J connectivity index is 0.000000307. The van der Waals surface area contributed by atoms with Gasteiger partial charge >= 0.3 is 64.5 Å². The lowest BCUT2D eigenvalue weighted by Crippen LogP contribution is -2.65. The van der Waals surface area contributed by atoms with Gasteiger partial charge in [0.2, 0.25) is 35.4 Å². The number of esters is 2. The Morgan fingerprint density at radius 3 is 1.07 bits per heavy atom. The molecule has 36 nitrogen and oxygen atoms in total. The summed E-state index contributed by atoms with van der Waals surface area (Å²) in [5, 5.41) is 52.4. The zero-order valence-electron chi connectivity index (χ0n) is 94.3. The average molecular weight is 2070 g/mol. The SMILES string of the molecule is CC(=O)N1CC[C@H](N)C[C@]1(CCCCB1OC(C)(C)C(C)(C)O1)C(=O)OCc1ccccc1.CC(=O)N1CC[C@H](NC(=O)[C@@H](NC(=O)OC(C)(C)C)C(C)(C)C)C[C@]1(CCCCB1OC(C)(C)C(C)(C)O1)C(=O)O.CC(=O)N1CC[C@H](NC(=O)[C@@H](NC(=O)OC(C)(C)C)C(C)(C)C)C[C@]1(CCCCB1OC(C)(C)C(C)(C)O1)C(=O)OCc1ccccc1.CC(C)(C)[C@H](N)C(=O)N[C@H]1CCC[C@@](CCCCB(O)O)(C(=O)O)C1. The Hall–Kier alpha value is -8.46. The number of aliphatic carboxylic acids is 2. The lowest BCUT2D eigenvalue weighted by molar-refractivity contribution is -0.170. The van der Waals surface area contributed by atoms with Gasteiger partial charge in [-0.1, -0.05) is 181 Å². The molecule has 0 radical (unpaired) electrons. The predicted octanol–water partition coefficient (Wildman–Crippen LogP) is 14.8. The number of rotatable bonds is 36. The largest absolute Gasteiger partial charge is 0.481 e. The molecule has 1 aliphatic carbocycles. The van der Waals surface area contributed by atoms with Gasteiger partial charge in [-0.2, -0.15) is 0 Å². The summed E-state index contributed by atoms with van der Waals surface area (Å²) in [5.74, 6) is -4.53. The monoisotopic (exact) mass is 2070 g/mol. The van der Waals surface area contributed by atoms with Gasteiger partial charge in [0.1, 0.15) is 53.1 Å². The fourth-order valence-corrected chi connectivity index (χ4v) is 20.0. The van der Waals surface area contributed by atoms with E-state index in [4.69, 9.17) is 68.4 Å². The summed E-state index contributed by atoms with van der Waals surface area (Å²) in [7, 11) is -2.37. The fourth-order valence-electron chi connectivity index (χ4n) is 20.0. The van der Waals surface area contributed by atoms with Crippen LogP contribution >= 0.6 is 0 Å². The smallest absolute Gasteiger partial charge is 0.457 e. The van der Waals surface area contributed by atoms with Gasteiger partial charge in [-0.25, -0.2) is 24.0 Å². The van der Waals surface area contributed by atoms with Crippen LogP contribution in [-0.4, -0.2) is 258 Å². The number of carboxylic acids is 2. The number of nitrogens with one attached hydrogen (secondary N) is 5. The topological polar surface area (TPSA) is 500 Å². The molecule has 7 aliphatic rings. The maximum absolute atomic E-state index is 14.2. The van der Waals surface area contributed by atoms with E-state index in [1.165, 1.54) is 25.7 Å². The van der Waals surface area contributed by atoms with E-state index in [9.17, 15) is 67.7 Å². The Kier molecular flexibility index (Phi) is 45.2. The summed E-state index contributed by atoms with van der Waals surface area (Å²) in [5.41, 5.74) is 3.79. The van der Waals surface area contributed by atoms with Crippen LogP contribution < -0.4 is 38.1 Å². The van der Waals surface area contributed by atoms with Crippen molar-refractivity contribution in [3.05, 3.63) is 71.8 Å². The number of hydrogen-bond acceptors (Lipinski definition) is 26. The van der Waals surface area contributed by atoms with E-state index in [1.807, 2.05) is 206 Å². The fraction of sp³-hybridized carbons (Fsp3) is 0.776. The molecule has 828 valence electrons. The lowest BCUT2D eigenvalue weighted by Gasteiger charge is -2.48. The second kappa shape index (κ2) is 52.2. The van der Waals surface area contributed by atoms with Gasteiger partial charge in [-0.15, -0.1) is 0 Å². The molecule has 1 saturated carbocycles. The zero-order valence-corrected chi connectivity index (χ0v) is 94.3. The van der Waals surface area contributed by atoms with Gasteiger partial charge in [0, 0.05) is 77.4 Å². The first kappa shape index (κ1) is 127. The molecular weight excluding hydrogens is 1880 g/mol. The Labute approximate surface area is 877 Å². The highest BCUT2D eigenvalue weighted by molar-refractivity contribution is 6.46. The van der Waals surface area contributed by atoms with Crippen LogP contribution in [0.5, 0.6) is 0 Å². The van der Waals surface area contributed by atoms with Gasteiger partial charge in [-0.05, 0) is 248 Å². The molecule has 40 heteroatoms. The van der Waals surface area contributed by atoms with Crippen molar-refractivity contribution in [1.29, 1.82) is 0 Å². The molecule has 7 fully saturated rings. The maximum Gasteiger partial charge on any atom is 0.457 e. The number of carbonyl (C=O) groups excluding carboxylic acids is 10. The minimum absolute atomic E-state index is 0.0595. The third kappa shape index (κ3) is 36.7. The van der Waals surface area contributed by atoms with Crippen LogP contribution in [0, 0.1) is 21.7 Å². The van der Waals surface area contributed by atoms with Gasteiger partial charge in [0.15, 0.2) is 0 Å². The molecule has 0 aromatic heterocycles. The van der Waals surface area contributed by atoms with E-state index in [0.717, 1.165) is 43.1 Å². The number of likely N-dealkylation sites (tertiary alicyclic amines) is 3. The van der Waals surface area contributed by atoms with Crippen molar-refractivity contribution in [2.45, 2.75) is 491 Å². The van der Waals surface area contributed by atoms with Crippen molar-refractivity contribution in [3.8, 4) is 0 Å². The van der Waals surface area contributed by atoms with Gasteiger partial charge < -0.3 is 120 Å². The molecular formula is C107H182B4N10O26. The molecule has 0 bridgehead atoms. The van der Waals surface area contributed by atoms with E-state index >= 15 is 0 Å². The van der Waals surface area contributed by atoms with Gasteiger partial charge in [-0.3, -0.25) is 33.6 Å². The van der Waals surface area contributed by atoms with Crippen LogP contribution in [0.1, 0.15) is 360 Å². The number of alkyl carbamates (subject to hydrolysis) is 2. The number of benzene rings is 2. The standard InChI is InChI=1S/C36H58BN3O8.C29H52BN3O8.C25H39BN2O5.C17H33BN2O5/c1-25(41)40-22-19-27(38-29(42)28(32(2,3)4)39-31(44)46-33(5,6)7)23-36(40,30(43)45-24-26-17-13-12-14-18-26)20-15-16-21-37-47-34(8,9)35(10,11)48-37;1-19(34)33-17-14-20(31-22(35)21(25(2,3)4)32-24(38)39-26(5,6)7)18-29(33,23(36)37)15-12-13-16-30-40-27(8,9)28(10,11)41-30;1-19(29)28-16-13-21(27)17-25(28,22(30)31-18-20-11-7-6-8-12-20)14-9-10-15-26-32-23(2,3)24(4,5)33-26;1-16(2,3)13(19)14(21)20-12-7-6-9-17(11-12,15(22)23)8-4-5-10-18(24)25/h12-14,17-18,27-28H,15-16,19-24H2,1-11H3,(H,38,42)(H,39,44);20-21H,12-18H2,1-11H3,(H,31,35)(H,32,38)(H,36,37);6-8,11-12,21H,9-10,13-18,27H2,1-5H3;12-13,24-25H,4-11,19H2,1-3H3,(H,20,21)(H,22,23)/t27-,28+,36+;20-,21+,29+;21-,25+;12-,13+,17+/m0000/s1. The highest BCUT2D eigenvalue weighted by Crippen LogP contribution is 2.47. The Morgan fingerprint density at radius 2 is 0.741 bits per heavy atom. The number of nitrogens with two attached hydrogens (primary N) is 2. The number of ether oxygens (including phenoxy) is 4. The summed E-state index contributed by atoms with van der Waals surface area (Å²) in [6, 6.07) is 15.2. The molecule has 0 unspecified atom stereocenters. The number of nitrogens with zero attached hydrogens (tertiary/aromatic N) is 3. The van der Waals surface area contributed by atoms with E-state index in [2.05, 4.69) is 26.6 Å². The van der Waals surface area contributed by atoms with E-state index in [1.54, 1.807) is 51.3 Å². The zero-order chi connectivity index (χ0) is 111. The molecule has 2 aromatic rings. The van der Waals surface area contributed by atoms with E-state index < -0.39 is 140 Å². The second-order valence-corrected chi connectivity index (χ2v) is 49.8. The van der Waals surface area contributed by atoms with Crippen LogP contribution in [-0.2, 0) is 108 Å². The Morgan fingerprint density at radius 1 is 0.422 bits per heavy atom. The van der Waals surface area contributed by atoms with Crippen LogP contribution in [0.25, 0.3) is 0 Å². The van der Waals surface area contributed by atoms with Crippen LogP contribution in [0.15, 0.2) is 60.7 Å². The molecule has 6 saturated heterocycles. The second-order valence-electron chi connectivity index (χ2n) is 49.8. The van der Waals surface area contributed by atoms with Crippen molar-refractivity contribution >= 4 is 100.0 Å². The number of piperidine rings is 3. The Bertz CT molecular complexity index is 4640. The van der Waals surface area contributed by atoms with Crippen LogP contribution in [0.4, 0.5) is 9.59 Å². The molecule has 8 amide bonds. The van der Waals surface area contributed by atoms with E-state index in [-0.39, 0.29) is 137 Å². The summed E-state index contributed by atoms with van der Waals surface area (Å²) >= 11 is 0. The highest BCUT2D eigenvalue weighted by atomic mass is 16.7. The summed E-state index contributed by atoms with van der Waals surface area (Å²) in [6.07, 6.45) is 12.2. The molecule has 2 aromatic carbocycles. The molecule has 9 rings (SSSR count). The van der Waals surface area contributed by atoms with Crippen LogP contribution in [0.2, 0.25) is 25.3 Å². The van der Waals surface area contributed by atoms with Crippen molar-refractivity contribution < 1.29 is 125 Å². The van der Waals surface area contributed by atoms with Crippen molar-refractivity contribution in [2.75, 3.05) is 19.6 Å². The number of unbranched alkanes of at least 4 members (excludes halogenated alkanes) is 4. The maximum atomic E-state index is 14.2. The first-order chi connectivity index (χ1) is 67.5. The minimum atomic E-state index is -1.46. The predicted molar refractivity (Wildman–Crippen MR) is 566 cm³/mol.